The molecule has 3 N–H and O–H groups in total. The summed E-state index contributed by atoms with van der Waals surface area (Å²) < 4.78 is 0. The van der Waals surface area contributed by atoms with Crippen LogP contribution in [-0.4, -0.2) is 65.0 Å². The molecule has 22 heavy (non-hydrogen) atoms. The summed E-state index contributed by atoms with van der Waals surface area (Å²) in [6, 6.07) is 7.50. The number of aromatic nitrogens is 2. The van der Waals surface area contributed by atoms with Gasteiger partial charge in [-0.25, -0.2) is 0 Å². The van der Waals surface area contributed by atoms with Gasteiger partial charge < -0.3 is 15.5 Å². The normalized spacial score (nSPS) is 20.0. The highest BCUT2D eigenvalue weighted by Gasteiger charge is 2.29. The van der Waals surface area contributed by atoms with Gasteiger partial charge in [0.15, 0.2) is 5.69 Å². The van der Waals surface area contributed by atoms with Crippen LogP contribution in [0.15, 0.2) is 24.3 Å². The number of carbonyl (C=O) groups is 2. The van der Waals surface area contributed by atoms with Crippen molar-refractivity contribution in [3.63, 3.8) is 0 Å². The average molecular weight is 301 g/mol. The third-order valence-electron chi connectivity index (χ3n) is 4.09. The fraction of sp³-hybridized carbons (Fsp3) is 0.400. The molecule has 0 saturated carbocycles. The van der Waals surface area contributed by atoms with Crippen LogP contribution in [-0.2, 0) is 4.79 Å². The molecular weight excluding hydrogens is 282 g/mol. The predicted octanol–water partition coefficient (Wildman–Crippen LogP) is 0.0520. The third-order valence-corrected chi connectivity index (χ3v) is 4.09. The Bertz CT molecular complexity index is 711. The molecule has 1 aromatic heterocycles. The number of benzene rings is 1. The molecule has 1 fully saturated rings. The Morgan fingerprint density at radius 2 is 2.05 bits per heavy atom. The lowest BCUT2D eigenvalue weighted by Gasteiger charge is -2.21. The van der Waals surface area contributed by atoms with Gasteiger partial charge in [0.05, 0.1) is 11.4 Å². The first-order chi connectivity index (χ1) is 10.6. The van der Waals surface area contributed by atoms with Crippen LogP contribution in [0.5, 0.6) is 0 Å². The lowest BCUT2D eigenvalue weighted by molar-refractivity contribution is -0.122. The second-order valence-electron chi connectivity index (χ2n) is 5.73. The summed E-state index contributed by atoms with van der Waals surface area (Å²) >= 11 is 0. The minimum absolute atomic E-state index is 0.168. The van der Waals surface area contributed by atoms with E-state index in [1.165, 1.54) is 0 Å². The molecule has 0 unspecified atom stereocenters. The third kappa shape index (κ3) is 2.67. The van der Waals surface area contributed by atoms with Crippen molar-refractivity contribution in [1.82, 2.24) is 20.0 Å². The Morgan fingerprint density at radius 1 is 1.27 bits per heavy atom. The van der Waals surface area contributed by atoms with Gasteiger partial charge in [-0.2, -0.15) is 5.10 Å². The molecule has 0 spiro atoms. The Hall–Kier alpha value is -2.41. The largest absolute Gasteiger partial charge is 0.369 e. The molecule has 1 atom stereocenters. The minimum atomic E-state index is -0.376. The number of nitrogens with one attached hydrogen (secondary N) is 1. The molecule has 2 aromatic rings. The number of para-hydroxylation sites is 1. The van der Waals surface area contributed by atoms with Gasteiger partial charge in [-0.3, -0.25) is 14.7 Å². The molecule has 2 heterocycles. The van der Waals surface area contributed by atoms with Crippen LogP contribution < -0.4 is 5.73 Å². The van der Waals surface area contributed by atoms with E-state index in [2.05, 4.69) is 10.2 Å². The standard InChI is InChI=1S/C15H19N5O2/c1-19-6-7-20(9-10(8-19)14(16)21)15(22)13-11-4-2-3-5-12(11)17-18-13/h2-5,10H,6-9H2,1H3,(H2,16,21)(H,17,18)/t10-/m0/s1. The van der Waals surface area contributed by atoms with E-state index in [1.54, 1.807) is 4.90 Å². The summed E-state index contributed by atoms with van der Waals surface area (Å²) in [6.45, 7) is 2.16. The molecule has 2 amide bonds. The smallest absolute Gasteiger partial charge is 0.275 e. The van der Waals surface area contributed by atoms with Gasteiger partial charge >= 0.3 is 0 Å². The van der Waals surface area contributed by atoms with Gasteiger partial charge in [0.2, 0.25) is 5.91 Å². The summed E-state index contributed by atoms with van der Waals surface area (Å²) in [4.78, 5) is 28.0. The zero-order valence-electron chi connectivity index (χ0n) is 12.5. The molecule has 0 aliphatic carbocycles. The maximum Gasteiger partial charge on any atom is 0.275 e. The number of amides is 2. The SMILES string of the molecule is CN1CCN(C(=O)c2n[nH]c3ccccc23)C[C@@H](C(N)=O)C1. The molecule has 0 radical (unpaired) electrons. The van der Waals surface area contributed by atoms with E-state index in [0.717, 1.165) is 10.9 Å². The van der Waals surface area contributed by atoms with E-state index in [-0.39, 0.29) is 17.7 Å². The topological polar surface area (TPSA) is 95.3 Å². The fourth-order valence-electron chi connectivity index (χ4n) is 2.81. The molecular formula is C15H19N5O2. The van der Waals surface area contributed by atoms with Crippen LogP contribution in [0, 0.1) is 5.92 Å². The Kier molecular flexibility index (Phi) is 3.81. The number of hydrogen-bond acceptors (Lipinski definition) is 4. The molecule has 1 saturated heterocycles. The van der Waals surface area contributed by atoms with Gasteiger partial charge in [0.1, 0.15) is 0 Å². The highest BCUT2D eigenvalue weighted by molar-refractivity contribution is 6.04. The van der Waals surface area contributed by atoms with E-state index in [1.807, 2.05) is 36.2 Å². The average Bonchev–Trinajstić information content (AvgIpc) is 2.82. The quantitative estimate of drug-likeness (QED) is 0.819. The molecule has 7 heteroatoms. The van der Waals surface area contributed by atoms with E-state index in [0.29, 0.717) is 31.9 Å². The maximum atomic E-state index is 12.8. The number of H-pyrrole nitrogens is 1. The number of nitrogens with zero attached hydrogens (tertiary/aromatic N) is 3. The highest BCUT2D eigenvalue weighted by Crippen LogP contribution is 2.18. The summed E-state index contributed by atoms with van der Waals surface area (Å²) in [5, 5.41) is 7.80. The highest BCUT2D eigenvalue weighted by atomic mass is 16.2. The van der Waals surface area contributed by atoms with E-state index in [4.69, 9.17) is 5.73 Å². The Labute approximate surface area is 128 Å². The zero-order valence-corrected chi connectivity index (χ0v) is 12.5. The van der Waals surface area contributed by atoms with Gasteiger partial charge in [0.25, 0.3) is 5.91 Å². The van der Waals surface area contributed by atoms with Gasteiger partial charge in [0, 0.05) is 31.6 Å². The predicted molar refractivity (Wildman–Crippen MR) is 82.2 cm³/mol. The van der Waals surface area contributed by atoms with Crippen molar-refractivity contribution in [1.29, 1.82) is 0 Å². The number of hydrogen-bond donors (Lipinski definition) is 2. The summed E-state index contributed by atoms with van der Waals surface area (Å²) in [7, 11) is 1.92. The summed E-state index contributed by atoms with van der Waals surface area (Å²) in [6.07, 6.45) is 0. The molecule has 116 valence electrons. The maximum absolute atomic E-state index is 12.8. The monoisotopic (exact) mass is 301 g/mol. The van der Waals surface area contributed by atoms with Crippen LogP contribution in [0.25, 0.3) is 10.9 Å². The fourth-order valence-corrected chi connectivity index (χ4v) is 2.81. The number of rotatable bonds is 2. The first-order valence-electron chi connectivity index (χ1n) is 7.26. The minimum Gasteiger partial charge on any atom is -0.369 e. The number of fused-ring (bicyclic) bond motifs is 1. The van der Waals surface area contributed by atoms with Crippen molar-refractivity contribution < 1.29 is 9.59 Å². The van der Waals surface area contributed by atoms with Gasteiger partial charge in [-0.15, -0.1) is 0 Å². The molecule has 7 nitrogen and oxygen atoms in total. The first-order valence-corrected chi connectivity index (χ1v) is 7.26. The number of aromatic amines is 1. The van der Waals surface area contributed by atoms with Gasteiger partial charge in [-0.1, -0.05) is 18.2 Å². The van der Waals surface area contributed by atoms with Crippen molar-refractivity contribution in [2.24, 2.45) is 11.7 Å². The second-order valence-corrected chi connectivity index (χ2v) is 5.73. The number of nitrogens with two attached hydrogens (primary N) is 1. The number of carbonyl (C=O) groups excluding carboxylic acids is 2. The zero-order chi connectivity index (χ0) is 15.7. The number of primary amides is 1. The van der Waals surface area contributed by atoms with Gasteiger partial charge in [-0.05, 0) is 13.1 Å². The second kappa shape index (κ2) is 5.76. The van der Waals surface area contributed by atoms with Crippen molar-refractivity contribution in [2.45, 2.75) is 0 Å². The van der Waals surface area contributed by atoms with Crippen molar-refractivity contribution >= 4 is 22.7 Å². The van der Waals surface area contributed by atoms with E-state index in [9.17, 15) is 9.59 Å². The van der Waals surface area contributed by atoms with Crippen molar-refractivity contribution in [3.8, 4) is 0 Å². The van der Waals surface area contributed by atoms with E-state index < -0.39 is 0 Å². The molecule has 1 aromatic carbocycles. The lowest BCUT2D eigenvalue weighted by atomic mass is 10.1. The summed E-state index contributed by atoms with van der Waals surface area (Å²) in [5.74, 6) is -0.904. The van der Waals surface area contributed by atoms with Crippen LogP contribution in [0.4, 0.5) is 0 Å². The summed E-state index contributed by atoms with van der Waals surface area (Å²) in [5.41, 5.74) is 6.66. The van der Waals surface area contributed by atoms with Crippen molar-refractivity contribution in [2.75, 3.05) is 33.2 Å². The van der Waals surface area contributed by atoms with Crippen molar-refractivity contribution in [3.05, 3.63) is 30.0 Å². The van der Waals surface area contributed by atoms with E-state index >= 15 is 0 Å². The molecule has 1 aliphatic heterocycles. The van der Waals surface area contributed by atoms with Crippen LogP contribution in [0.3, 0.4) is 0 Å². The first kappa shape index (κ1) is 14.5. The molecule has 0 bridgehead atoms. The van der Waals surface area contributed by atoms with Crippen LogP contribution in [0.1, 0.15) is 10.5 Å². The van der Waals surface area contributed by atoms with Crippen LogP contribution >= 0.6 is 0 Å². The Balaban J connectivity index is 1.88. The Morgan fingerprint density at radius 3 is 2.82 bits per heavy atom. The molecule has 3 rings (SSSR count). The van der Waals surface area contributed by atoms with Crippen LogP contribution in [0.2, 0.25) is 0 Å². The number of likely N-dealkylation sites (N-methyl/N-ethyl adjacent to an activating group) is 1. The molecule has 1 aliphatic rings. The lowest BCUT2D eigenvalue weighted by Crippen LogP contribution is -2.40.